The summed E-state index contributed by atoms with van der Waals surface area (Å²) in [5.74, 6) is 0. The number of nitrogens with zero attached hydrogens (tertiary/aromatic N) is 3. The van der Waals surface area contributed by atoms with Gasteiger partial charge in [0.2, 0.25) is 0 Å². The fourth-order valence-electron chi connectivity index (χ4n) is 3.90. The van der Waals surface area contributed by atoms with Crippen LogP contribution < -0.4 is 0 Å². The molecule has 0 aromatic heterocycles. The second-order valence-corrected chi connectivity index (χ2v) is 16.1. The maximum absolute atomic E-state index is 9.49. The van der Waals surface area contributed by atoms with E-state index in [1.807, 2.05) is 60.7 Å². The number of rotatable bonds is 6. The lowest BCUT2D eigenvalue weighted by molar-refractivity contribution is -0.303. The first-order valence-corrected chi connectivity index (χ1v) is 15.4. The van der Waals surface area contributed by atoms with Gasteiger partial charge >= 0.3 is 0 Å². The maximum Gasteiger partial charge on any atom is 0.192 e. The van der Waals surface area contributed by atoms with Crippen molar-refractivity contribution in [3.05, 3.63) is 76.7 Å². The monoisotopic (exact) mass is 499 g/mol. The molecule has 4 rings (SSSR count). The first kappa shape index (κ1) is 25.3. The predicted octanol–water partition coefficient (Wildman–Crippen LogP) is 6.69. The molecule has 0 amide bonds. The molecule has 0 saturated carbocycles. The van der Waals surface area contributed by atoms with Crippen LogP contribution in [0.25, 0.3) is 10.4 Å². The van der Waals surface area contributed by atoms with Crippen molar-refractivity contribution in [2.45, 2.75) is 79.9 Å². The SMILES string of the molecule is CC(C)(C)[Si](C)(C)O[C@@H]1[C@@H](N=[N+]=[N-])[C@H](Sc2ccccc2)O[C@@H]2COC(c3ccccc3)O[C@H]12. The number of fused-ring (bicyclic) bond motifs is 1. The van der Waals surface area contributed by atoms with E-state index >= 15 is 0 Å². The Hall–Kier alpha value is -1.84. The second-order valence-electron chi connectivity index (χ2n) is 10.2. The molecular weight excluding hydrogens is 466 g/mol. The molecule has 0 radical (unpaired) electrons. The van der Waals surface area contributed by atoms with Crippen molar-refractivity contribution in [1.82, 2.24) is 0 Å². The van der Waals surface area contributed by atoms with Crippen molar-refractivity contribution in [1.29, 1.82) is 0 Å². The summed E-state index contributed by atoms with van der Waals surface area (Å²) in [7, 11) is -2.23. The Balaban J connectivity index is 1.68. The van der Waals surface area contributed by atoms with Crippen LogP contribution in [0.2, 0.25) is 18.1 Å². The van der Waals surface area contributed by atoms with Crippen molar-refractivity contribution in [3.8, 4) is 0 Å². The highest BCUT2D eigenvalue weighted by Gasteiger charge is 2.53. The molecular formula is C25H33N3O4SSi. The van der Waals surface area contributed by atoms with E-state index in [4.69, 9.17) is 18.6 Å². The van der Waals surface area contributed by atoms with E-state index in [2.05, 4.69) is 43.9 Å². The zero-order chi connectivity index (χ0) is 24.3. The Morgan fingerprint density at radius 3 is 2.29 bits per heavy atom. The smallest absolute Gasteiger partial charge is 0.192 e. The fourth-order valence-corrected chi connectivity index (χ4v) is 6.34. The van der Waals surface area contributed by atoms with Crippen molar-refractivity contribution < 1.29 is 18.6 Å². The van der Waals surface area contributed by atoms with E-state index in [-0.39, 0.29) is 11.1 Å². The molecule has 6 atom stereocenters. The average Bonchev–Trinajstić information content (AvgIpc) is 2.81. The van der Waals surface area contributed by atoms with Gasteiger partial charge in [-0.1, -0.05) is 86.2 Å². The lowest BCUT2D eigenvalue weighted by atomic mass is 9.97. The molecule has 2 aliphatic heterocycles. The van der Waals surface area contributed by atoms with Crippen molar-refractivity contribution in [2.75, 3.05) is 6.61 Å². The van der Waals surface area contributed by atoms with Crippen LogP contribution in [0, 0.1) is 0 Å². The van der Waals surface area contributed by atoms with Crippen molar-refractivity contribution >= 4 is 20.1 Å². The van der Waals surface area contributed by atoms with Gasteiger partial charge in [0.15, 0.2) is 14.6 Å². The van der Waals surface area contributed by atoms with Gasteiger partial charge in [-0.3, -0.25) is 0 Å². The molecule has 2 aromatic rings. The third kappa shape index (κ3) is 5.52. The summed E-state index contributed by atoms with van der Waals surface area (Å²) in [5, 5.41) is 4.19. The largest absolute Gasteiger partial charge is 0.411 e. The normalized spacial score (nSPS) is 29.7. The molecule has 9 heteroatoms. The summed E-state index contributed by atoms with van der Waals surface area (Å²) in [5.41, 5.74) is 10.0. The summed E-state index contributed by atoms with van der Waals surface area (Å²) in [6.07, 6.45) is -1.73. The Bertz CT molecular complexity index is 998. The molecule has 0 bridgehead atoms. The number of azide groups is 1. The lowest BCUT2D eigenvalue weighted by Crippen LogP contribution is -2.63. The number of thioether (sulfide) groups is 1. The molecule has 0 aliphatic carbocycles. The first-order chi connectivity index (χ1) is 16.2. The second kappa shape index (κ2) is 10.4. The molecule has 2 saturated heterocycles. The van der Waals surface area contributed by atoms with Crippen LogP contribution in [0.1, 0.15) is 32.6 Å². The van der Waals surface area contributed by atoms with Gasteiger partial charge < -0.3 is 18.6 Å². The van der Waals surface area contributed by atoms with Crippen LogP contribution in [0.15, 0.2) is 70.7 Å². The minimum atomic E-state index is -2.23. The summed E-state index contributed by atoms with van der Waals surface area (Å²) in [4.78, 5) is 4.23. The minimum Gasteiger partial charge on any atom is -0.411 e. The quantitative estimate of drug-likeness (QED) is 0.191. The summed E-state index contributed by atoms with van der Waals surface area (Å²) in [6, 6.07) is 19.3. The van der Waals surface area contributed by atoms with Gasteiger partial charge in [-0.2, -0.15) is 0 Å². The number of hydrogen-bond acceptors (Lipinski definition) is 6. The third-order valence-corrected chi connectivity index (χ3v) is 12.4. The number of benzene rings is 2. The molecule has 2 fully saturated rings. The maximum atomic E-state index is 9.49. The van der Waals surface area contributed by atoms with E-state index in [0.717, 1.165) is 10.5 Å². The third-order valence-electron chi connectivity index (χ3n) is 6.80. The van der Waals surface area contributed by atoms with Gasteiger partial charge in [0.05, 0.1) is 12.7 Å². The van der Waals surface area contributed by atoms with Gasteiger partial charge in [0.1, 0.15) is 23.7 Å². The van der Waals surface area contributed by atoms with Crippen LogP contribution in [0.5, 0.6) is 0 Å². The molecule has 1 unspecified atom stereocenters. The number of ether oxygens (including phenoxy) is 3. The fraction of sp³-hybridized carbons (Fsp3) is 0.520. The summed E-state index contributed by atoms with van der Waals surface area (Å²) < 4.78 is 25.9. The molecule has 182 valence electrons. The van der Waals surface area contributed by atoms with Crippen LogP contribution in [-0.4, -0.2) is 44.7 Å². The average molecular weight is 500 g/mol. The highest BCUT2D eigenvalue weighted by molar-refractivity contribution is 7.99. The van der Waals surface area contributed by atoms with Crippen LogP contribution in [-0.2, 0) is 18.6 Å². The minimum absolute atomic E-state index is 0.0201. The Morgan fingerprint density at radius 2 is 1.68 bits per heavy atom. The molecule has 0 N–H and O–H groups in total. The van der Waals surface area contributed by atoms with Crippen LogP contribution in [0.4, 0.5) is 0 Å². The summed E-state index contributed by atoms with van der Waals surface area (Å²) >= 11 is 1.54. The zero-order valence-corrected chi connectivity index (χ0v) is 22.1. The molecule has 7 nitrogen and oxygen atoms in total. The van der Waals surface area contributed by atoms with Crippen molar-refractivity contribution in [2.24, 2.45) is 5.11 Å². The first-order valence-electron chi connectivity index (χ1n) is 11.6. The molecule has 2 aromatic carbocycles. The standard InChI is InChI=1S/C25H33N3O4SSi/c1-25(2,3)34(4,5)32-22-20(27-28-26)24(33-18-14-10-7-11-15-18)30-19-16-29-23(31-21(19)22)17-12-8-6-9-13-17/h6-15,19-24H,16H2,1-5H3/t19-,20-,21+,22-,23?,24+/m1/s1. The Morgan fingerprint density at radius 1 is 1.03 bits per heavy atom. The molecule has 34 heavy (non-hydrogen) atoms. The van der Waals surface area contributed by atoms with Crippen LogP contribution >= 0.6 is 11.8 Å². The van der Waals surface area contributed by atoms with Gasteiger partial charge in [-0.15, -0.1) is 0 Å². The van der Waals surface area contributed by atoms with E-state index in [0.29, 0.717) is 6.61 Å². The molecule has 2 aliphatic rings. The topological polar surface area (TPSA) is 85.7 Å². The predicted molar refractivity (Wildman–Crippen MR) is 136 cm³/mol. The van der Waals surface area contributed by atoms with E-state index in [9.17, 15) is 5.53 Å². The van der Waals surface area contributed by atoms with Gasteiger partial charge in [0.25, 0.3) is 0 Å². The molecule has 0 spiro atoms. The van der Waals surface area contributed by atoms with Crippen molar-refractivity contribution in [3.63, 3.8) is 0 Å². The lowest BCUT2D eigenvalue weighted by Gasteiger charge is -2.51. The van der Waals surface area contributed by atoms with E-state index in [1.165, 1.54) is 11.8 Å². The summed E-state index contributed by atoms with van der Waals surface area (Å²) in [6.45, 7) is 11.4. The van der Waals surface area contributed by atoms with Gasteiger partial charge in [0, 0.05) is 15.4 Å². The highest BCUT2D eigenvalue weighted by atomic mass is 32.2. The van der Waals surface area contributed by atoms with Crippen LogP contribution in [0.3, 0.4) is 0 Å². The van der Waals surface area contributed by atoms with Gasteiger partial charge in [-0.05, 0) is 35.8 Å². The molecule has 2 heterocycles. The number of hydrogen-bond donors (Lipinski definition) is 0. The van der Waals surface area contributed by atoms with Gasteiger partial charge in [-0.25, -0.2) is 0 Å². The van der Waals surface area contributed by atoms with E-state index in [1.54, 1.807) is 0 Å². The zero-order valence-electron chi connectivity index (χ0n) is 20.3. The Labute approximate surface area is 206 Å². The van der Waals surface area contributed by atoms with E-state index < -0.39 is 38.3 Å². The Kier molecular flexibility index (Phi) is 7.74. The highest BCUT2D eigenvalue weighted by Crippen LogP contribution is 2.45.